The van der Waals surface area contributed by atoms with Crippen LogP contribution in [0.3, 0.4) is 0 Å². The molecule has 176 valence electrons. The summed E-state index contributed by atoms with van der Waals surface area (Å²) in [5.41, 5.74) is 2.61. The number of halogens is 1. The molecule has 0 saturated carbocycles. The molecule has 1 amide bonds. The second kappa shape index (κ2) is 8.96. The predicted molar refractivity (Wildman–Crippen MR) is 133 cm³/mol. The summed E-state index contributed by atoms with van der Waals surface area (Å²) >= 11 is 1.12. The van der Waals surface area contributed by atoms with Gasteiger partial charge in [0, 0.05) is 5.56 Å². The van der Waals surface area contributed by atoms with Gasteiger partial charge in [-0.15, -0.1) is 0 Å². The van der Waals surface area contributed by atoms with Gasteiger partial charge in [0.1, 0.15) is 17.3 Å². The third-order valence-electron chi connectivity index (χ3n) is 6.06. The molecule has 0 spiro atoms. The van der Waals surface area contributed by atoms with Gasteiger partial charge in [0.2, 0.25) is 0 Å². The van der Waals surface area contributed by atoms with Gasteiger partial charge in [-0.25, -0.2) is 9.37 Å². The fraction of sp³-hybridized carbons (Fsp3) is 0.148. The fourth-order valence-electron chi connectivity index (χ4n) is 4.17. The van der Waals surface area contributed by atoms with Crippen molar-refractivity contribution in [1.29, 1.82) is 0 Å². The van der Waals surface area contributed by atoms with Gasteiger partial charge >= 0.3 is 5.91 Å². The number of anilines is 1. The third-order valence-corrected chi connectivity index (χ3v) is 7.07. The number of amides is 1. The molecule has 6 nitrogen and oxygen atoms in total. The van der Waals surface area contributed by atoms with Crippen molar-refractivity contribution in [2.75, 3.05) is 12.0 Å². The molecule has 4 aromatic rings. The minimum Gasteiger partial charge on any atom is -0.507 e. The predicted octanol–water partition coefficient (Wildman–Crippen LogP) is 5.63. The lowest BCUT2D eigenvalue weighted by Crippen LogP contribution is -2.29. The first-order valence-corrected chi connectivity index (χ1v) is 11.8. The minimum atomic E-state index is -0.895. The first-order chi connectivity index (χ1) is 16.9. The van der Waals surface area contributed by atoms with E-state index in [0.717, 1.165) is 23.3 Å². The second-order valence-corrected chi connectivity index (χ2v) is 9.11. The Morgan fingerprint density at radius 3 is 2.46 bits per heavy atom. The summed E-state index contributed by atoms with van der Waals surface area (Å²) in [5.74, 6) is -1.72. The number of nitrogens with zero attached hydrogens (tertiary/aromatic N) is 2. The molecule has 1 fully saturated rings. The van der Waals surface area contributed by atoms with E-state index in [4.69, 9.17) is 4.74 Å². The van der Waals surface area contributed by atoms with Crippen molar-refractivity contribution in [3.05, 3.63) is 94.8 Å². The van der Waals surface area contributed by atoms with E-state index in [2.05, 4.69) is 4.98 Å². The van der Waals surface area contributed by atoms with Crippen LogP contribution >= 0.6 is 11.3 Å². The topological polar surface area (TPSA) is 79.7 Å². The number of aryl methyl sites for hydroxylation is 1. The molecule has 1 atom stereocenters. The largest absolute Gasteiger partial charge is 0.507 e. The molecule has 1 unspecified atom stereocenters. The summed E-state index contributed by atoms with van der Waals surface area (Å²) in [5, 5.41) is 11.5. The number of ketones is 1. The van der Waals surface area contributed by atoms with Gasteiger partial charge in [-0.1, -0.05) is 42.5 Å². The molecule has 0 bridgehead atoms. The number of hydrogen-bond donors (Lipinski definition) is 1. The summed E-state index contributed by atoms with van der Waals surface area (Å²) in [4.78, 5) is 32.4. The number of aromatic nitrogens is 1. The van der Waals surface area contributed by atoms with Crippen LogP contribution in [-0.2, 0) is 16.0 Å². The number of thiazole rings is 1. The monoisotopic (exact) mass is 488 g/mol. The van der Waals surface area contributed by atoms with Crippen LogP contribution in [0.1, 0.15) is 29.7 Å². The quantitative estimate of drug-likeness (QED) is 0.224. The van der Waals surface area contributed by atoms with Gasteiger partial charge in [-0.2, -0.15) is 0 Å². The van der Waals surface area contributed by atoms with Gasteiger partial charge in [0.15, 0.2) is 5.13 Å². The minimum absolute atomic E-state index is 0.0325. The van der Waals surface area contributed by atoms with E-state index in [1.165, 1.54) is 30.2 Å². The molecule has 1 aromatic heterocycles. The van der Waals surface area contributed by atoms with Crippen LogP contribution in [0.4, 0.5) is 9.52 Å². The molecule has 1 N–H and O–H groups in total. The van der Waals surface area contributed by atoms with Crippen LogP contribution in [0.2, 0.25) is 0 Å². The Morgan fingerprint density at radius 2 is 1.80 bits per heavy atom. The van der Waals surface area contributed by atoms with E-state index in [-0.39, 0.29) is 16.5 Å². The number of Topliss-reactive ketones (excluding diaryl/α,β-unsaturated/α-hetero) is 1. The molecule has 0 aliphatic carbocycles. The summed E-state index contributed by atoms with van der Waals surface area (Å²) in [6.07, 6.45) is 0.829. The Kier molecular flexibility index (Phi) is 5.82. The number of hydrogen-bond acceptors (Lipinski definition) is 6. The fourth-order valence-corrected chi connectivity index (χ4v) is 5.19. The number of ether oxygens (including phenoxy) is 1. The molecule has 3 aromatic carbocycles. The van der Waals surface area contributed by atoms with Crippen LogP contribution in [0.5, 0.6) is 5.75 Å². The molecule has 0 radical (unpaired) electrons. The first-order valence-electron chi connectivity index (χ1n) is 11.0. The van der Waals surface area contributed by atoms with Crippen LogP contribution in [-0.4, -0.2) is 28.9 Å². The lowest BCUT2D eigenvalue weighted by atomic mass is 9.94. The third kappa shape index (κ3) is 3.95. The zero-order valence-electron chi connectivity index (χ0n) is 19.0. The van der Waals surface area contributed by atoms with Crippen molar-refractivity contribution in [2.45, 2.75) is 19.4 Å². The van der Waals surface area contributed by atoms with Crippen LogP contribution in [0.15, 0.2) is 72.3 Å². The molecule has 1 aliphatic heterocycles. The molecular weight excluding hydrogens is 467 g/mol. The highest BCUT2D eigenvalue weighted by Gasteiger charge is 2.48. The number of aliphatic hydroxyl groups excluding tert-OH is 1. The van der Waals surface area contributed by atoms with Gasteiger partial charge in [-0.3, -0.25) is 14.5 Å². The molecule has 1 saturated heterocycles. The Bertz CT molecular complexity index is 1480. The average molecular weight is 489 g/mol. The number of rotatable bonds is 5. The normalized spacial score (nSPS) is 17.3. The van der Waals surface area contributed by atoms with E-state index < -0.39 is 23.5 Å². The van der Waals surface area contributed by atoms with Gasteiger partial charge in [0.25, 0.3) is 5.78 Å². The number of carbonyl (C=O) groups is 2. The van der Waals surface area contributed by atoms with Crippen molar-refractivity contribution < 1.29 is 23.8 Å². The molecule has 8 heteroatoms. The Labute approximate surface area is 204 Å². The average Bonchev–Trinajstić information content (AvgIpc) is 3.41. The van der Waals surface area contributed by atoms with Gasteiger partial charge in [0.05, 0.1) is 28.9 Å². The number of benzene rings is 3. The molecule has 5 rings (SSSR count). The van der Waals surface area contributed by atoms with Gasteiger partial charge < -0.3 is 9.84 Å². The molecule has 2 heterocycles. The van der Waals surface area contributed by atoms with E-state index >= 15 is 0 Å². The number of methoxy groups -OCH3 is 1. The van der Waals surface area contributed by atoms with E-state index in [9.17, 15) is 19.1 Å². The van der Waals surface area contributed by atoms with Crippen molar-refractivity contribution in [3.8, 4) is 5.75 Å². The van der Waals surface area contributed by atoms with Crippen molar-refractivity contribution in [2.24, 2.45) is 0 Å². The lowest BCUT2D eigenvalue weighted by Gasteiger charge is -2.23. The maximum Gasteiger partial charge on any atom is 0.301 e. The summed E-state index contributed by atoms with van der Waals surface area (Å²) in [6.45, 7) is 2.03. The van der Waals surface area contributed by atoms with Crippen LogP contribution < -0.4 is 9.64 Å². The van der Waals surface area contributed by atoms with E-state index in [1.54, 1.807) is 24.3 Å². The molecule has 1 aliphatic rings. The Balaban J connectivity index is 1.70. The lowest BCUT2D eigenvalue weighted by molar-refractivity contribution is -0.132. The standard InChI is InChI=1S/C27H21FN2O4S/c1-3-15-4-6-16(7-5-15)23-22(24(31)17-8-11-19(34-2)12-9-17)25(32)26(33)30(23)27-29-20-13-10-18(28)14-21(20)35-27/h4-14,23,31H,3H2,1-2H3/b24-22+. The second-order valence-electron chi connectivity index (χ2n) is 8.10. The Morgan fingerprint density at radius 1 is 1.09 bits per heavy atom. The smallest absolute Gasteiger partial charge is 0.301 e. The van der Waals surface area contributed by atoms with E-state index in [0.29, 0.717) is 27.1 Å². The molecule has 35 heavy (non-hydrogen) atoms. The zero-order valence-corrected chi connectivity index (χ0v) is 19.8. The zero-order chi connectivity index (χ0) is 24.7. The molecular formula is C27H21FN2O4S. The first kappa shape index (κ1) is 22.7. The van der Waals surface area contributed by atoms with Crippen LogP contribution in [0.25, 0.3) is 16.0 Å². The van der Waals surface area contributed by atoms with Crippen molar-refractivity contribution in [3.63, 3.8) is 0 Å². The van der Waals surface area contributed by atoms with Crippen molar-refractivity contribution in [1.82, 2.24) is 4.98 Å². The number of aliphatic hydroxyl groups is 1. The number of fused-ring (bicyclic) bond motifs is 1. The highest BCUT2D eigenvalue weighted by molar-refractivity contribution is 7.22. The SMILES string of the molecule is CCc1ccc(C2/C(=C(\O)c3ccc(OC)cc3)C(=O)C(=O)N2c2nc3ccc(F)cc3s2)cc1. The summed E-state index contributed by atoms with van der Waals surface area (Å²) in [6, 6.07) is 17.4. The maximum absolute atomic E-state index is 13.8. The van der Waals surface area contributed by atoms with Gasteiger partial charge in [-0.05, 0) is 60.0 Å². The summed E-state index contributed by atoms with van der Waals surface area (Å²) < 4.78 is 19.5. The highest BCUT2D eigenvalue weighted by atomic mass is 32.1. The summed E-state index contributed by atoms with van der Waals surface area (Å²) in [7, 11) is 1.53. The van der Waals surface area contributed by atoms with Crippen molar-refractivity contribution >= 4 is 44.1 Å². The maximum atomic E-state index is 13.8. The van der Waals surface area contributed by atoms with Crippen LogP contribution in [0, 0.1) is 5.82 Å². The Hall–Kier alpha value is -4.04. The number of carbonyl (C=O) groups excluding carboxylic acids is 2. The highest BCUT2D eigenvalue weighted by Crippen LogP contribution is 2.44. The van der Waals surface area contributed by atoms with E-state index in [1.807, 2.05) is 31.2 Å².